The van der Waals surface area contributed by atoms with E-state index in [9.17, 15) is 14.4 Å². The molecule has 8 heteroatoms. The molecule has 2 aromatic rings. The highest BCUT2D eigenvalue weighted by molar-refractivity contribution is 5.98. The van der Waals surface area contributed by atoms with Crippen molar-refractivity contribution in [2.75, 3.05) is 19.7 Å². The molecule has 2 heterocycles. The number of imide groups is 1. The number of amides is 3. The van der Waals surface area contributed by atoms with Crippen LogP contribution in [0, 0.1) is 6.92 Å². The zero-order chi connectivity index (χ0) is 19.0. The van der Waals surface area contributed by atoms with Crippen molar-refractivity contribution in [1.29, 1.82) is 0 Å². The number of aromatic nitrogens is 2. The van der Waals surface area contributed by atoms with Crippen molar-refractivity contribution in [1.82, 2.24) is 20.0 Å². The lowest BCUT2D eigenvalue weighted by molar-refractivity contribution is -0.130. The van der Waals surface area contributed by atoms with Crippen LogP contribution in [0.15, 0.2) is 24.3 Å². The molecule has 140 valence electrons. The van der Waals surface area contributed by atoms with Gasteiger partial charge in [-0.15, -0.1) is 0 Å². The Morgan fingerprint density at radius 3 is 2.70 bits per heavy atom. The molecule has 0 saturated carbocycles. The zero-order valence-electron chi connectivity index (χ0n) is 15.0. The molecule has 1 N–H and O–H groups in total. The molecule has 0 spiro atoms. The standard InChI is InChI=1S/C19H20N4O4/c1-12-5-7-13(8-6-12)23-15-4-2-3-14(15)17(21-23)18(25)27-11-16(24)22-10-9-20-19(22)26/h5-8H,2-4,9-11H2,1H3,(H,20,26). The van der Waals surface area contributed by atoms with E-state index in [4.69, 9.17) is 4.74 Å². The maximum atomic E-state index is 12.5. The highest BCUT2D eigenvalue weighted by atomic mass is 16.5. The van der Waals surface area contributed by atoms with Gasteiger partial charge in [0.05, 0.1) is 5.69 Å². The summed E-state index contributed by atoms with van der Waals surface area (Å²) in [6.07, 6.45) is 2.55. The number of ether oxygens (including phenoxy) is 1. The van der Waals surface area contributed by atoms with E-state index >= 15 is 0 Å². The Kier molecular flexibility index (Phi) is 4.39. The third-order valence-corrected chi connectivity index (χ3v) is 4.89. The summed E-state index contributed by atoms with van der Waals surface area (Å²) in [4.78, 5) is 37.1. The molecule has 0 bridgehead atoms. The molecule has 2 aliphatic rings. The summed E-state index contributed by atoms with van der Waals surface area (Å²) in [6, 6.07) is 7.46. The molecule has 3 amide bonds. The Labute approximate surface area is 156 Å². The van der Waals surface area contributed by atoms with E-state index in [1.54, 1.807) is 4.68 Å². The third-order valence-electron chi connectivity index (χ3n) is 4.89. The molecule has 0 unspecified atom stereocenters. The number of carbonyl (C=O) groups excluding carboxylic acids is 3. The SMILES string of the molecule is Cc1ccc(-n2nc(C(=O)OCC(=O)N3CCNC3=O)c3c2CCC3)cc1. The van der Waals surface area contributed by atoms with E-state index in [0.717, 1.165) is 46.7 Å². The summed E-state index contributed by atoms with van der Waals surface area (Å²) >= 11 is 0. The van der Waals surface area contributed by atoms with Crippen LogP contribution in [0.4, 0.5) is 4.79 Å². The summed E-state index contributed by atoms with van der Waals surface area (Å²) in [5.74, 6) is -1.17. The Morgan fingerprint density at radius 2 is 2.00 bits per heavy atom. The Hall–Kier alpha value is -3.16. The first kappa shape index (κ1) is 17.3. The van der Waals surface area contributed by atoms with Gasteiger partial charge in [0.25, 0.3) is 5.91 Å². The van der Waals surface area contributed by atoms with Crippen molar-refractivity contribution < 1.29 is 19.1 Å². The normalized spacial score (nSPS) is 15.6. The van der Waals surface area contributed by atoms with Gasteiger partial charge in [-0.3, -0.25) is 9.69 Å². The number of rotatable bonds is 4. The average Bonchev–Trinajstić information content (AvgIpc) is 3.36. The highest BCUT2D eigenvalue weighted by Crippen LogP contribution is 2.28. The van der Waals surface area contributed by atoms with Crippen LogP contribution in [0.3, 0.4) is 0 Å². The molecule has 27 heavy (non-hydrogen) atoms. The van der Waals surface area contributed by atoms with Gasteiger partial charge in [0.15, 0.2) is 12.3 Å². The summed E-state index contributed by atoms with van der Waals surface area (Å²) in [6.45, 7) is 2.23. The Morgan fingerprint density at radius 1 is 1.22 bits per heavy atom. The van der Waals surface area contributed by atoms with Crippen LogP contribution < -0.4 is 5.32 Å². The number of aryl methyl sites for hydroxylation is 1. The number of esters is 1. The minimum absolute atomic E-state index is 0.252. The minimum Gasteiger partial charge on any atom is -0.451 e. The maximum Gasteiger partial charge on any atom is 0.359 e. The second-order valence-corrected chi connectivity index (χ2v) is 6.73. The summed E-state index contributed by atoms with van der Waals surface area (Å²) < 4.78 is 6.94. The van der Waals surface area contributed by atoms with Gasteiger partial charge in [-0.2, -0.15) is 5.10 Å². The molecule has 1 aromatic carbocycles. The molecular weight excluding hydrogens is 348 g/mol. The van der Waals surface area contributed by atoms with Gasteiger partial charge in [0.2, 0.25) is 0 Å². The van der Waals surface area contributed by atoms with Crippen molar-refractivity contribution in [2.24, 2.45) is 0 Å². The van der Waals surface area contributed by atoms with Crippen LogP contribution in [0.2, 0.25) is 0 Å². The van der Waals surface area contributed by atoms with E-state index in [1.807, 2.05) is 31.2 Å². The lowest BCUT2D eigenvalue weighted by Crippen LogP contribution is -2.37. The van der Waals surface area contributed by atoms with E-state index in [0.29, 0.717) is 6.54 Å². The summed E-state index contributed by atoms with van der Waals surface area (Å²) in [7, 11) is 0. The molecule has 1 fully saturated rings. The molecule has 4 rings (SSSR count). The topological polar surface area (TPSA) is 93.5 Å². The molecule has 1 aromatic heterocycles. The molecule has 0 atom stereocenters. The molecule has 1 saturated heterocycles. The Balaban J connectivity index is 1.52. The minimum atomic E-state index is -0.632. The fourth-order valence-corrected chi connectivity index (χ4v) is 3.48. The zero-order valence-corrected chi connectivity index (χ0v) is 15.0. The van der Waals surface area contributed by atoms with Gasteiger partial charge in [-0.25, -0.2) is 14.3 Å². The van der Waals surface area contributed by atoms with Crippen LogP contribution in [0.25, 0.3) is 5.69 Å². The van der Waals surface area contributed by atoms with Crippen LogP contribution in [0.5, 0.6) is 0 Å². The van der Waals surface area contributed by atoms with Crippen LogP contribution in [-0.4, -0.2) is 52.3 Å². The first-order valence-corrected chi connectivity index (χ1v) is 8.98. The Bertz CT molecular complexity index is 917. The second-order valence-electron chi connectivity index (χ2n) is 6.73. The van der Waals surface area contributed by atoms with Crippen molar-refractivity contribution in [2.45, 2.75) is 26.2 Å². The number of carbonyl (C=O) groups is 3. The fourth-order valence-electron chi connectivity index (χ4n) is 3.48. The van der Waals surface area contributed by atoms with Crippen LogP contribution in [-0.2, 0) is 22.4 Å². The maximum absolute atomic E-state index is 12.5. The van der Waals surface area contributed by atoms with Crippen molar-refractivity contribution >= 4 is 17.9 Å². The number of nitrogens with one attached hydrogen (secondary N) is 1. The number of nitrogens with zero attached hydrogens (tertiary/aromatic N) is 3. The van der Waals surface area contributed by atoms with Gasteiger partial charge in [-0.05, 0) is 38.3 Å². The number of hydrogen-bond donors (Lipinski definition) is 1. The molecule has 0 radical (unpaired) electrons. The van der Waals surface area contributed by atoms with E-state index in [1.165, 1.54) is 0 Å². The third kappa shape index (κ3) is 3.18. The number of urea groups is 1. The molecule has 1 aliphatic heterocycles. The largest absolute Gasteiger partial charge is 0.451 e. The number of hydrogen-bond acceptors (Lipinski definition) is 5. The predicted molar refractivity (Wildman–Crippen MR) is 95.7 cm³/mol. The monoisotopic (exact) mass is 368 g/mol. The van der Waals surface area contributed by atoms with E-state index < -0.39 is 24.5 Å². The van der Waals surface area contributed by atoms with E-state index in [-0.39, 0.29) is 12.2 Å². The van der Waals surface area contributed by atoms with Gasteiger partial charge in [0.1, 0.15) is 0 Å². The molecule has 8 nitrogen and oxygen atoms in total. The molecular formula is C19H20N4O4. The van der Waals surface area contributed by atoms with Crippen LogP contribution in [0.1, 0.15) is 33.7 Å². The van der Waals surface area contributed by atoms with Gasteiger partial charge < -0.3 is 10.1 Å². The van der Waals surface area contributed by atoms with Gasteiger partial charge in [-0.1, -0.05) is 17.7 Å². The summed E-state index contributed by atoms with van der Waals surface area (Å²) in [5, 5.41) is 7.00. The van der Waals surface area contributed by atoms with Crippen molar-refractivity contribution in [3.05, 3.63) is 46.8 Å². The number of benzene rings is 1. The van der Waals surface area contributed by atoms with Gasteiger partial charge >= 0.3 is 12.0 Å². The molecule has 1 aliphatic carbocycles. The quantitative estimate of drug-likeness (QED) is 0.823. The first-order valence-electron chi connectivity index (χ1n) is 8.98. The van der Waals surface area contributed by atoms with Crippen LogP contribution >= 0.6 is 0 Å². The lowest BCUT2D eigenvalue weighted by atomic mass is 10.2. The van der Waals surface area contributed by atoms with E-state index in [2.05, 4.69) is 10.4 Å². The van der Waals surface area contributed by atoms with Crippen molar-refractivity contribution in [3.8, 4) is 5.69 Å². The van der Waals surface area contributed by atoms with Gasteiger partial charge in [0, 0.05) is 24.3 Å². The van der Waals surface area contributed by atoms with Crippen molar-refractivity contribution in [3.63, 3.8) is 0 Å². The average molecular weight is 368 g/mol. The highest BCUT2D eigenvalue weighted by Gasteiger charge is 2.30. The fraction of sp³-hybridized carbons (Fsp3) is 0.368. The number of fused-ring (bicyclic) bond motifs is 1. The smallest absolute Gasteiger partial charge is 0.359 e. The lowest BCUT2D eigenvalue weighted by Gasteiger charge is -2.11. The second kappa shape index (κ2) is 6.86. The predicted octanol–water partition coefficient (Wildman–Crippen LogP) is 1.38. The summed E-state index contributed by atoms with van der Waals surface area (Å²) in [5.41, 5.74) is 4.18. The first-order chi connectivity index (χ1) is 13.0.